The SMILES string of the molecule is O=C(c1cccnc1)N1CCN([C@H]2CC[C@H](n3c(=O)[nH]c4ccccc43)CC2)CC1. The zero-order chi connectivity index (χ0) is 20.5. The van der Waals surface area contributed by atoms with Gasteiger partial charge in [0, 0.05) is 50.7 Å². The lowest BCUT2D eigenvalue weighted by Crippen LogP contribution is -2.52. The summed E-state index contributed by atoms with van der Waals surface area (Å²) < 4.78 is 1.95. The summed E-state index contributed by atoms with van der Waals surface area (Å²) in [5, 5.41) is 0. The maximum Gasteiger partial charge on any atom is 0.326 e. The predicted molar refractivity (Wildman–Crippen MR) is 116 cm³/mol. The van der Waals surface area contributed by atoms with Crippen molar-refractivity contribution in [3.63, 3.8) is 0 Å². The smallest absolute Gasteiger partial charge is 0.326 e. The lowest BCUT2D eigenvalue weighted by molar-refractivity contribution is 0.0499. The fraction of sp³-hybridized carbons (Fsp3) is 0.435. The van der Waals surface area contributed by atoms with Gasteiger partial charge in [0.05, 0.1) is 16.6 Å². The molecular formula is C23H27N5O2. The van der Waals surface area contributed by atoms with Crippen molar-refractivity contribution in [3.8, 4) is 0 Å². The van der Waals surface area contributed by atoms with E-state index in [0.29, 0.717) is 11.6 Å². The van der Waals surface area contributed by atoms with Crippen molar-refractivity contribution >= 4 is 16.9 Å². The van der Waals surface area contributed by atoms with Crippen molar-refractivity contribution in [2.45, 2.75) is 37.8 Å². The molecule has 7 heteroatoms. The lowest BCUT2D eigenvalue weighted by Gasteiger charge is -2.42. The number of piperazine rings is 1. The second-order valence-corrected chi connectivity index (χ2v) is 8.35. The van der Waals surface area contributed by atoms with Gasteiger partial charge < -0.3 is 9.88 Å². The molecule has 1 N–H and O–H groups in total. The minimum atomic E-state index is 0.00202. The maximum absolute atomic E-state index is 12.6. The maximum atomic E-state index is 12.6. The quantitative estimate of drug-likeness (QED) is 0.727. The molecule has 0 unspecified atom stereocenters. The molecule has 156 valence electrons. The van der Waals surface area contributed by atoms with Gasteiger partial charge >= 0.3 is 5.69 Å². The fourth-order valence-electron chi connectivity index (χ4n) is 5.08. The molecule has 1 saturated carbocycles. The highest BCUT2D eigenvalue weighted by molar-refractivity contribution is 5.93. The third kappa shape index (κ3) is 3.54. The Kier molecular flexibility index (Phi) is 5.12. The van der Waals surface area contributed by atoms with Gasteiger partial charge in [-0.1, -0.05) is 12.1 Å². The van der Waals surface area contributed by atoms with Crippen LogP contribution in [0.25, 0.3) is 11.0 Å². The topological polar surface area (TPSA) is 74.2 Å². The number of para-hydroxylation sites is 2. The van der Waals surface area contributed by atoms with Gasteiger partial charge in [0.25, 0.3) is 5.91 Å². The Balaban J connectivity index is 1.18. The first-order valence-corrected chi connectivity index (χ1v) is 10.8. The van der Waals surface area contributed by atoms with Crippen LogP contribution in [0, 0.1) is 0 Å². The van der Waals surface area contributed by atoms with Gasteiger partial charge in [0.1, 0.15) is 0 Å². The van der Waals surface area contributed by atoms with Crippen LogP contribution in [0.4, 0.5) is 0 Å². The van der Waals surface area contributed by atoms with E-state index in [4.69, 9.17) is 0 Å². The normalized spacial score (nSPS) is 23.0. The Morgan fingerprint density at radius 3 is 2.40 bits per heavy atom. The molecule has 0 atom stereocenters. The highest BCUT2D eigenvalue weighted by Gasteiger charge is 2.31. The van der Waals surface area contributed by atoms with E-state index in [1.54, 1.807) is 18.5 Å². The highest BCUT2D eigenvalue weighted by atomic mass is 16.2. The third-order valence-electron chi connectivity index (χ3n) is 6.68. The van der Waals surface area contributed by atoms with E-state index in [0.717, 1.165) is 62.9 Å². The van der Waals surface area contributed by atoms with E-state index >= 15 is 0 Å². The molecule has 2 fully saturated rings. The number of nitrogens with one attached hydrogen (secondary N) is 1. The highest BCUT2D eigenvalue weighted by Crippen LogP contribution is 2.32. The standard InChI is InChI=1S/C23H27N5O2/c29-22(17-4-3-11-24-16-17)27-14-12-26(13-15-27)18-7-9-19(10-8-18)28-21-6-2-1-5-20(21)25-23(28)30/h1-6,11,16,18-19H,7-10,12-15H2,(H,25,30)/t18-,19-. The van der Waals surface area contributed by atoms with E-state index in [2.05, 4.69) is 14.9 Å². The monoisotopic (exact) mass is 405 g/mol. The Labute approximate surface area is 175 Å². The molecule has 2 aromatic heterocycles. The number of rotatable bonds is 3. The number of amides is 1. The summed E-state index contributed by atoms with van der Waals surface area (Å²) in [6.07, 6.45) is 7.54. The zero-order valence-corrected chi connectivity index (χ0v) is 17.0. The number of aromatic amines is 1. The lowest BCUT2D eigenvalue weighted by atomic mass is 9.89. The summed E-state index contributed by atoms with van der Waals surface area (Å²) in [4.78, 5) is 36.6. The third-order valence-corrected chi connectivity index (χ3v) is 6.68. The number of nitrogens with zero attached hydrogens (tertiary/aromatic N) is 4. The summed E-state index contributed by atoms with van der Waals surface area (Å²) in [5.74, 6) is 0.0742. The average Bonchev–Trinajstić information content (AvgIpc) is 3.15. The van der Waals surface area contributed by atoms with Crippen molar-refractivity contribution in [2.24, 2.45) is 0 Å². The van der Waals surface area contributed by atoms with Crippen LogP contribution in [-0.4, -0.2) is 62.5 Å². The molecule has 30 heavy (non-hydrogen) atoms. The summed E-state index contributed by atoms with van der Waals surface area (Å²) in [7, 11) is 0. The van der Waals surface area contributed by atoms with Gasteiger partial charge in [-0.2, -0.15) is 0 Å². The van der Waals surface area contributed by atoms with Crippen LogP contribution in [0.3, 0.4) is 0 Å². The van der Waals surface area contributed by atoms with Crippen molar-refractivity contribution in [3.05, 3.63) is 64.8 Å². The largest absolute Gasteiger partial charge is 0.336 e. The fourth-order valence-corrected chi connectivity index (χ4v) is 5.08. The number of hydrogen-bond acceptors (Lipinski definition) is 4. The van der Waals surface area contributed by atoms with Crippen LogP contribution in [0.5, 0.6) is 0 Å². The summed E-state index contributed by atoms with van der Waals surface area (Å²) >= 11 is 0. The van der Waals surface area contributed by atoms with Gasteiger partial charge in [0.15, 0.2) is 0 Å². The molecule has 0 bridgehead atoms. The van der Waals surface area contributed by atoms with Crippen LogP contribution in [0.2, 0.25) is 0 Å². The van der Waals surface area contributed by atoms with Gasteiger partial charge in [-0.25, -0.2) is 4.79 Å². The van der Waals surface area contributed by atoms with Crippen molar-refractivity contribution in [1.82, 2.24) is 24.3 Å². The Morgan fingerprint density at radius 1 is 0.933 bits per heavy atom. The van der Waals surface area contributed by atoms with Crippen LogP contribution in [0.1, 0.15) is 42.1 Å². The number of H-pyrrole nitrogens is 1. The van der Waals surface area contributed by atoms with Gasteiger partial charge in [-0.3, -0.25) is 19.2 Å². The molecule has 7 nitrogen and oxygen atoms in total. The molecule has 3 heterocycles. The Hall–Kier alpha value is -2.93. The number of imidazole rings is 1. The molecule has 1 aliphatic carbocycles. The summed E-state index contributed by atoms with van der Waals surface area (Å²) in [6, 6.07) is 12.4. The molecule has 1 amide bonds. The van der Waals surface area contributed by atoms with Crippen molar-refractivity contribution < 1.29 is 4.79 Å². The van der Waals surface area contributed by atoms with Gasteiger partial charge in [-0.05, 0) is 49.9 Å². The Bertz CT molecular complexity index is 1070. The second-order valence-electron chi connectivity index (χ2n) is 8.35. The van der Waals surface area contributed by atoms with Gasteiger partial charge in [-0.15, -0.1) is 0 Å². The van der Waals surface area contributed by atoms with Crippen LogP contribution in [0.15, 0.2) is 53.6 Å². The molecule has 0 radical (unpaired) electrons. The molecule has 2 aliphatic rings. The first kappa shape index (κ1) is 19.1. The van der Waals surface area contributed by atoms with Crippen molar-refractivity contribution in [1.29, 1.82) is 0 Å². The van der Waals surface area contributed by atoms with E-state index in [9.17, 15) is 9.59 Å². The number of benzene rings is 1. The minimum Gasteiger partial charge on any atom is -0.336 e. The number of hydrogen-bond donors (Lipinski definition) is 1. The molecule has 5 rings (SSSR count). The molecule has 3 aromatic rings. The molecule has 0 spiro atoms. The number of pyridine rings is 1. The summed E-state index contributed by atoms with van der Waals surface area (Å²) in [5.41, 5.74) is 2.59. The van der Waals surface area contributed by atoms with Crippen LogP contribution < -0.4 is 5.69 Å². The molecule has 1 aromatic carbocycles. The first-order chi connectivity index (χ1) is 14.7. The Morgan fingerprint density at radius 2 is 1.67 bits per heavy atom. The second kappa shape index (κ2) is 8.07. The molecule has 1 aliphatic heterocycles. The summed E-state index contributed by atoms with van der Waals surface area (Å²) in [6.45, 7) is 3.34. The zero-order valence-electron chi connectivity index (χ0n) is 17.0. The number of fused-ring (bicyclic) bond motifs is 1. The predicted octanol–water partition coefficient (Wildman–Crippen LogP) is 2.67. The van der Waals surface area contributed by atoms with E-state index in [1.807, 2.05) is 39.8 Å². The number of carbonyl (C=O) groups is 1. The van der Waals surface area contributed by atoms with Crippen molar-refractivity contribution in [2.75, 3.05) is 26.2 Å². The molecular weight excluding hydrogens is 378 g/mol. The minimum absolute atomic E-state index is 0.00202. The molecule has 1 saturated heterocycles. The van der Waals surface area contributed by atoms with E-state index in [1.165, 1.54) is 0 Å². The first-order valence-electron chi connectivity index (χ1n) is 10.8. The number of aromatic nitrogens is 3. The van der Waals surface area contributed by atoms with E-state index in [-0.39, 0.29) is 17.6 Å². The van der Waals surface area contributed by atoms with Crippen LogP contribution >= 0.6 is 0 Å². The van der Waals surface area contributed by atoms with E-state index < -0.39 is 0 Å². The average molecular weight is 406 g/mol. The van der Waals surface area contributed by atoms with Gasteiger partial charge in [0.2, 0.25) is 0 Å². The number of carbonyl (C=O) groups excluding carboxylic acids is 1. The van der Waals surface area contributed by atoms with Crippen LogP contribution in [-0.2, 0) is 0 Å².